The molecule has 1 amide bonds. The zero-order valence-electron chi connectivity index (χ0n) is 14.6. The lowest BCUT2D eigenvalue weighted by Crippen LogP contribution is -2.25. The number of hydrogen-bond acceptors (Lipinski definition) is 4. The number of pyridine rings is 1. The summed E-state index contributed by atoms with van der Waals surface area (Å²) < 4.78 is 8.00. The standard InChI is InChI=1S/C19H17ClN4O2/c1-11-8-9-23-16(10-11)21-12(2)17(23)18-22-24(13(3)25)19(26-18)14-4-6-15(20)7-5-14/h4-10,19H,1-3H3. The molecule has 6 nitrogen and oxygen atoms in total. The fourth-order valence-electron chi connectivity index (χ4n) is 3.03. The highest BCUT2D eigenvalue weighted by Crippen LogP contribution is 2.31. The number of nitrogens with zero attached hydrogens (tertiary/aromatic N) is 4. The Bertz CT molecular complexity index is 1040. The molecule has 0 bridgehead atoms. The Morgan fingerprint density at radius 3 is 2.62 bits per heavy atom. The van der Waals surface area contributed by atoms with Crippen LogP contribution in [0.1, 0.15) is 35.7 Å². The Hall–Kier alpha value is -2.86. The molecule has 132 valence electrons. The molecule has 0 radical (unpaired) electrons. The zero-order chi connectivity index (χ0) is 18.4. The second kappa shape index (κ2) is 6.14. The molecule has 1 aliphatic rings. The average molecular weight is 369 g/mol. The molecule has 2 aromatic heterocycles. The number of aryl methyl sites for hydroxylation is 2. The van der Waals surface area contributed by atoms with E-state index in [0.29, 0.717) is 10.9 Å². The minimum Gasteiger partial charge on any atom is -0.445 e. The highest BCUT2D eigenvalue weighted by Gasteiger charge is 2.35. The van der Waals surface area contributed by atoms with Crippen molar-refractivity contribution in [2.24, 2.45) is 5.10 Å². The van der Waals surface area contributed by atoms with Gasteiger partial charge < -0.3 is 4.74 Å². The number of ether oxygens (including phenoxy) is 1. The number of hydrazone groups is 1. The van der Waals surface area contributed by atoms with Crippen molar-refractivity contribution in [3.63, 3.8) is 0 Å². The Morgan fingerprint density at radius 1 is 1.19 bits per heavy atom. The van der Waals surface area contributed by atoms with Gasteiger partial charge in [-0.05, 0) is 43.7 Å². The number of carbonyl (C=O) groups is 1. The number of benzene rings is 1. The highest BCUT2D eigenvalue weighted by molar-refractivity contribution is 6.30. The van der Waals surface area contributed by atoms with E-state index in [1.807, 2.05) is 48.7 Å². The molecule has 26 heavy (non-hydrogen) atoms. The first-order valence-corrected chi connectivity index (χ1v) is 8.58. The van der Waals surface area contributed by atoms with Crippen LogP contribution in [0.2, 0.25) is 5.02 Å². The van der Waals surface area contributed by atoms with Crippen LogP contribution in [0, 0.1) is 13.8 Å². The summed E-state index contributed by atoms with van der Waals surface area (Å²) in [6, 6.07) is 11.2. The Labute approximate surface area is 155 Å². The lowest BCUT2D eigenvalue weighted by Gasteiger charge is -2.19. The number of halogens is 1. The van der Waals surface area contributed by atoms with Crippen LogP contribution in [-0.4, -0.2) is 26.2 Å². The molecule has 0 saturated carbocycles. The van der Waals surface area contributed by atoms with Gasteiger partial charge in [0.15, 0.2) is 0 Å². The van der Waals surface area contributed by atoms with Crippen LogP contribution in [0.15, 0.2) is 47.7 Å². The van der Waals surface area contributed by atoms with E-state index >= 15 is 0 Å². The highest BCUT2D eigenvalue weighted by atomic mass is 35.5. The summed E-state index contributed by atoms with van der Waals surface area (Å²) in [7, 11) is 0. The first-order valence-electron chi connectivity index (χ1n) is 8.20. The maximum absolute atomic E-state index is 12.1. The first kappa shape index (κ1) is 16.6. The SMILES string of the molecule is CC(=O)N1N=C(c2c(C)nc3cc(C)ccn23)OC1c1ccc(Cl)cc1. The van der Waals surface area contributed by atoms with Gasteiger partial charge in [-0.1, -0.05) is 23.7 Å². The van der Waals surface area contributed by atoms with E-state index in [1.54, 1.807) is 12.1 Å². The summed E-state index contributed by atoms with van der Waals surface area (Å²) >= 11 is 5.96. The van der Waals surface area contributed by atoms with Crippen LogP contribution < -0.4 is 0 Å². The minimum atomic E-state index is -0.629. The fourth-order valence-corrected chi connectivity index (χ4v) is 3.15. The van der Waals surface area contributed by atoms with Gasteiger partial charge >= 0.3 is 0 Å². The van der Waals surface area contributed by atoms with Gasteiger partial charge in [-0.25, -0.2) is 4.98 Å². The van der Waals surface area contributed by atoms with Crippen LogP contribution in [0.25, 0.3) is 5.65 Å². The van der Waals surface area contributed by atoms with E-state index in [0.717, 1.165) is 28.2 Å². The van der Waals surface area contributed by atoms with Gasteiger partial charge in [-0.3, -0.25) is 9.20 Å². The molecule has 1 aliphatic heterocycles. The normalized spacial score (nSPS) is 16.7. The molecule has 1 aromatic carbocycles. The number of fused-ring (bicyclic) bond motifs is 1. The largest absolute Gasteiger partial charge is 0.445 e. The van der Waals surface area contributed by atoms with Crippen molar-refractivity contribution in [3.8, 4) is 0 Å². The molecule has 0 saturated heterocycles. The van der Waals surface area contributed by atoms with Gasteiger partial charge in [0.1, 0.15) is 11.3 Å². The van der Waals surface area contributed by atoms with Crippen LogP contribution >= 0.6 is 11.6 Å². The van der Waals surface area contributed by atoms with E-state index in [1.165, 1.54) is 11.9 Å². The van der Waals surface area contributed by atoms with Crippen LogP contribution in [0.4, 0.5) is 0 Å². The van der Waals surface area contributed by atoms with Crippen molar-refractivity contribution in [3.05, 3.63) is 70.1 Å². The predicted molar refractivity (Wildman–Crippen MR) is 99.0 cm³/mol. The molecule has 0 aliphatic carbocycles. The summed E-state index contributed by atoms with van der Waals surface area (Å²) in [5.41, 5.74) is 4.25. The van der Waals surface area contributed by atoms with Gasteiger partial charge in [0.05, 0.1) is 5.69 Å². The van der Waals surface area contributed by atoms with E-state index in [-0.39, 0.29) is 5.91 Å². The lowest BCUT2D eigenvalue weighted by atomic mass is 10.2. The van der Waals surface area contributed by atoms with Crippen molar-refractivity contribution in [2.45, 2.75) is 27.0 Å². The monoisotopic (exact) mass is 368 g/mol. The molecule has 1 unspecified atom stereocenters. The van der Waals surface area contributed by atoms with E-state index in [9.17, 15) is 4.79 Å². The number of hydrogen-bond donors (Lipinski definition) is 0. The fraction of sp³-hybridized carbons (Fsp3) is 0.211. The smallest absolute Gasteiger partial charge is 0.260 e. The number of aromatic nitrogens is 2. The summed E-state index contributed by atoms with van der Waals surface area (Å²) in [4.78, 5) is 16.7. The van der Waals surface area contributed by atoms with Crippen LogP contribution in [0.5, 0.6) is 0 Å². The maximum Gasteiger partial charge on any atom is 0.260 e. The van der Waals surface area contributed by atoms with E-state index in [4.69, 9.17) is 16.3 Å². The van der Waals surface area contributed by atoms with Crippen molar-refractivity contribution in [1.29, 1.82) is 0 Å². The summed E-state index contributed by atoms with van der Waals surface area (Å²) in [5, 5.41) is 6.39. The van der Waals surface area contributed by atoms with Crippen LogP contribution in [0.3, 0.4) is 0 Å². The van der Waals surface area contributed by atoms with Crippen molar-refractivity contribution in [1.82, 2.24) is 14.4 Å². The Morgan fingerprint density at radius 2 is 1.92 bits per heavy atom. The third-order valence-electron chi connectivity index (χ3n) is 4.28. The molecule has 7 heteroatoms. The van der Waals surface area contributed by atoms with E-state index < -0.39 is 6.23 Å². The molecule has 0 spiro atoms. The molecule has 0 fully saturated rings. The summed E-state index contributed by atoms with van der Waals surface area (Å²) in [6.07, 6.45) is 1.30. The predicted octanol–water partition coefficient (Wildman–Crippen LogP) is 3.84. The second-order valence-corrected chi connectivity index (χ2v) is 6.71. The Kier molecular flexibility index (Phi) is 3.92. The molecular formula is C19H17ClN4O2. The van der Waals surface area contributed by atoms with Gasteiger partial charge in [0.25, 0.3) is 5.90 Å². The maximum atomic E-state index is 12.1. The number of imidazole rings is 1. The molecule has 4 rings (SSSR count). The third-order valence-corrected chi connectivity index (χ3v) is 4.53. The summed E-state index contributed by atoms with van der Waals surface area (Å²) in [6.45, 7) is 5.38. The average Bonchev–Trinajstić information content (AvgIpc) is 3.15. The van der Waals surface area contributed by atoms with Crippen molar-refractivity contribution >= 4 is 29.1 Å². The van der Waals surface area contributed by atoms with Gasteiger partial charge in [-0.2, -0.15) is 5.01 Å². The number of amides is 1. The topological polar surface area (TPSA) is 59.2 Å². The third kappa shape index (κ3) is 2.72. The Balaban J connectivity index is 1.78. The van der Waals surface area contributed by atoms with Crippen LogP contribution in [-0.2, 0) is 9.53 Å². The first-order chi connectivity index (χ1) is 12.4. The molecule has 3 aromatic rings. The van der Waals surface area contributed by atoms with Crippen molar-refractivity contribution in [2.75, 3.05) is 0 Å². The van der Waals surface area contributed by atoms with E-state index in [2.05, 4.69) is 10.1 Å². The molecule has 3 heterocycles. The van der Waals surface area contributed by atoms with Gasteiger partial charge in [0.2, 0.25) is 12.1 Å². The van der Waals surface area contributed by atoms with Crippen molar-refractivity contribution < 1.29 is 9.53 Å². The summed E-state index contributed by atoms with van der Waals surface area (Å²) in [5.74, 6) is 0.163. The lowest BCUT2D eigenvalue weighted by molar-refractivity contribution is -0.135. The van der Waals surface area contributed by atoms with Gasteiger partial charge in [0, 0.05) is 23.7 Å². The minimum absolute atomic E-state index is 0.206. The van der Waals surface area contributed by atoms with Gasteiger partial charge in [-0.15, -0.1) is 5.10 Å². The number of rotatable bonds is 2. The number of carbonyl (C=O) groups excluding carboxylic acids is 1. The quantitative estimate of drug-likeness (QED) is 0.690. The second-order valence-electron chi connectivity index (χ2n) is 6.27. The molecule has 1 atom stereocenters. The molecular weight excluding hydrogens is 352 g/mol. The molecule has 0 N–H and O–H groups in total. The zero-order valence-corrected chi connectivity index (χ0v) is 15.4.